The van der Waals surface area contributed by atoms with Gasteiger partial charge in [0.25, 0.3) is 0 Å². The van der Waals surface area contributed by atoms with Crippen LogP contribution in [0.15, 0.2) is 53.7 Å². The highest BCUT2D eigenvalue weighted by Crippen LogP contribution is 2.25. The number of aryl methyl sites for hydroxylation is 1. The SMILES string of the molecule is Cc1[nH]c(SC(C)C(=O)Nc2ccc(C#N)c(Cl)c2)nc1Cc1ccccc1. The van der Waals surface area contributed by atoms with E-state index in [9.17, 15) is 4.79 Å². The van der Waals surface area contributed by atoms with Crippen molar-refractivity contribution in [3.05, 3.63) is 76.1 Å². The monoisotopic (exact) mass is 410 g/mol. The summed E-state index contributed by atoms with van der Waals surface area (Å²) in [5, 5.41) is 12.4. The minimum absolute atomic E-state index is 0.163. The molecule has 0 aliphatic carbocycles. The van der Waals surface area contributed by atoms with Gasteiger partial charge in [0.1, 0.15) is 6.07 Å². The molecule has 0 spiro atoms. The molecule has 3 aromatic rings. The van der Waals surface area contributed by atoms with Gasteiger partial charge in [-0.15, -0.1) is 0 Å². The molecule has 1 aromatic heterocycles. The zero-order valence-electron chi connectivity index (χ0n) is 15.5. The number of amides is 1. The van der Waals surface area contributed by atoms with Crippen molar-refractivity contribution in [3.8, 4) is 6.07 Å². The van der Waals surface area contributed by atoms with Crippen LogP contribution in [0.1, 0.15) is 29.4 Å². The Morgan fingerprint density at radius 2 is 2.07 bits per heavy atom. The summed E-state index contributed by atoms with van der Waals surface area (Å²) < 4.78 is 0. The number of nitrogens with zero attached hydrogens (tertiary/aromatic N) is 2. The third-order valence-electron chi connectivity index (χ3n) is 4.19. The van der Waals surface area contributed by atoms with Crippen molar-refractivity contribution in [2.24, 2.45) is 0 Å². The van der Waals surface area contributed by atoms with Crippen LogP contribution >= 0.6 is 23.4 Å². The number of carbonyl (C=O) groups is 1. The van der Waals surface area contributed by atoms with Crippen molar-refractivity contribution in [2.75, 3.05) is 5.32 Å². The summed E-state index contributed by atoms with van der Waals surface area (Å²) in [6.07, 6.45) is 0.744. The van der Waals surface area contributed by atoms with Crippen molar-refractivity contribution < 1.29 is 4.79 Å². The molecule has 0 aliphatic rings. The lowest BCUT2D eigenvalue weighted by Crippen LogP contribution is -2.22. The number of aromatic nitrogens is 2. The van der Waals surface area contributed by atoms with Crippen molar-refractivity contribution in [1.82, 2.24) is 9.97 Å². The number of imidazole rings is 1. The van der Waals surface area contributed by atoms with Crippen LogP contribution in [0.3, 0.4) is 0 Å². The fraction of sp³-hybridized carbons (Fsp3) is 0.190. The highest BCUT2D eigenvalue weighted by atomic mass is 35.5. The van der Waals surface area contributed by atoms with Gasteiger partial charge in [-0.25, -0.2) is 4.98 Å². The lowest BCUT2D eigenvalue weighted by molar-refractivity contribution is -0.115. The topological polar surface area (TPSA) is 81.6 Å². The van der Waals surface area contributed by atoms with Gasteiger partial charge in [0.2, 0.25) is 5.91 Å². The van der Waals surface area contributed by atoms with Gasteiger partial charge in [-0.2, -0.15) is 5.26 Å². The minimum atomic E-state index is -0.357. The maximum Gasteiger partial charge on any atom is 0.237 e. The zero-order valence-corrected chi connectivity index (χ0v) is 17.1. The molecule has 1 unspecified atom stereocenters. The number of H-pyrrole nitrogens is 1. The third kappa shape index (κ3) is 4.94. The average Bonchev–Trinajstić information content (AvgIpc) is 3.01. The zero-order chi connectivity index (χ0) is 20.1. The number of rotatable bonds is 6. The smallest absolute Gasteiger partial charge is 0.237 e. The van der Waals surface area contributed by atoms with Crippen LogP contribution < -0.4 is 5.32 Å². The van der Waals surface area contributed by atoms with Gasteiger partial charge >= 0.3 is 0 Å². The maximum absolute atomic E-state index is 12.5. The quantitative estimate of drug-likeness (QED) is 0.563. The summed E-state index contributed by atoms with van der Waals surface area (Å²) >= 11 is 7.38. The molecule has 3 rings (SSSR count). The predicted molar refractivity (Wildman–Crippen MR) is 113 cm³/mol. The third-order valence-corrected chi connectivity index (χ3v) is 5.49. The summed E-state index contributed by atoms with van der Waals surface area (Å²) in [7, 11) is 0. The summed E-state index contributed by atoms with van der Waals surface area (Å²) in [5.41, 5.74) is 4.09. The minimum Gasteiger partial charge on any atom is -0.337 e. The number of nitriles is 1. The highest BCUT2D eigenvalue weighted by Gasteiger charge is 2.18. The Balaban J connectivity index is 1.63. The first-order valence-electron chi connectivity index (χ1n) is 8.73. The number of hydrogen-bond acceptors (Lipinski definition) is 4. The number of aromatic amines is 1. The molecule has 0 fully saturated rings. The molecular weight excluding hydrogens is 392 g/mol. The number of nitrogens with one attached hydrogen (secondary N) is 2. The molecule has 2 aromatic carbocycles. The molecule has 28 heavy (non-hydrogen) atoms. The fourth-order valence-corrected chi connectivity index (χ4v) is 3.73. The van der Waals surface area contributed by atoms with E-state index in [4.69, 9.17) is 16.9 Å². The van der Waals surface area contributed by atoms with E-state index < -0.39 is 0 Å². The van der Waals surface area contributed by atoms with Crippen molar-refractivity contribution >= 4 is 35.0 Å². The normalized spacial score (nSPS) is 11.6. The molecule has 1 amide bonds. The number of hydrogen-bond donors (Lipinski definition) is 2. The molecule has 0 bridgehead atoms. The molecule has 1 atom stereocenters. The van der Waals surface area contributed by atoms with Crippen LogP contribution in [0.25, 0.3) is 0 Å². The van der Waals surface area contributed by atoms with E-state index in [1.807, 2.05) is 38.1 Å². The molecule has 0 saturated carbocycles. The number of benzene rings is 2. The van der Waals surface area contributed by atoms with Crippen LogP contribution in [-0.2, 0) is 11.2 Å². The molecule has 1 heterocycles. The lowest BCUT2D eigenvalue weighted by Gasteiger charge is -2.11. The highest BCUT2D eigenvalue weighted by molar-refractivity contribution is 8.00. The number of halogens is 1. The Kier molecular flexibility index (Phi) is 6.40. The predicted octanol–water partition coefficient (Wildman–Crippen LogP) is 4.95. The second-order valence-electron chi connectivity index (χ2n) is 6.33. The molecule has 142 valence electrons. The lowest BCUT2D eigenvalue weighted by atomic mass is 10.1. The Morgan fingerprint density at radius 1 is 1.32 bits per heavy atom. The van der Waals surface area contributed by atoms with Gasteiger partial charge < -0.3 is 10.3 Å². The van der Waals surface area contributed by atoms with Crippen LogP contribution in [0, 0.1) is 18.3 Å². The first kappa shape index (κ1) is 20.0. The van der Waals surface area contributed by atoms with Gasteiger partial charge in [0.15, 0.2) is 5.16 Å². The van der Waals surface area contributed by atoms with E-state index in [0.29, 0.717) is 21.4 Å². The number of thioether (sulfide) groups is 1. The van der Waals surface area contributed by atoms with Crippen LogP contribution in [0.5, 0.6) is 0 Å². The largest absolute Gasteiger partial charge is 0.337 e. The van der Waals surface area contributed by atoms with Crippen LogP contribution in [-0.4, -0.2) is 21.1 Å². The molecule has 2 N–H and O–H groups in total. The van der Waals surface area contributed by atoms with E-state index in [-0.39, 0.29) is 11.2 Å². The van der Waals surface area contributed by atoms with Crippen LogP contribution in [0.2, 0.25) is 5.02 Å². The molecule has 0 aliphatic heterocycles. The average molecular weight is 411 g/mol. The fourth-order valence-electron chi connectivity index (χ4n) is 2.63. The molecule has 0 saturated heterocycles. The van der Waals surface area contributed by atoms with Gasteiger partial charge in [-0.1, -0.05) is 53.7 Å². The van der Waals surface area contributed by atoms with E-state index in [2.05, 4.69) is 27.4 Å². The standard InChI is InChI=1S/C21H19ClN4OS/c1-13-19(10-15-6-4-3-5-7-15)26-21(24-13)28-14(2)20(27)25-17-9-8-16(12-23)18(22)11-17/h3-9,11,14H,10H2,1-2H3,(H,24,26)(H,25,27). The van der Waals surface area contributed by atoms with Gasteiger partial charge in [0, 0.05) is 17.8 Å². The van der Waals surface area contributed by atoms with Crippen LogP contribution in [0.4, 0.5) is 5.69 Å². The van der Waals surface area contributed by atoms with E-state index in [0.717, 1.165) is 17.8 Å². The van der Waals surface area contributed by atoms with Gasteiger partial charge in [-0.05, 0) is 37.6 Å². The van der Waals surface area contributed by atoms with E-state index in [1.165, 1.54) is 17.3 Å². The number of carbonyl (C=O) groups excluding carboxylic acids is 1. The van der Waals surface area contributed by atoms with E-state index >= 15 is 0 Å². The Bertz CT molecular complexity index is 1030. The van der Waals surface area contributed by atoms with Gasteiger partial charge in [-0.3, -0.25) is 4.79 Å². The Hall–Kier alpha value is -2.75. The summed E-state index contributed by atoms with van der Waals surface area (Å²) in [5.74, 6) is -0.163. The van der Waals surface area contributed by atoms with Crippen molar-refractivity contribution in [1.29, 1.82) is 5.26 Å². The summed E-state index contributed by atoms with van der Waals surface area (Å²) in [6, 6.07) is 17.0. The van der Waals surface area contributed by atoms with Crippen molar-refractivity contribution in [3.63, 3.8) is 0 Å². The molecule has 5 nitrogen and oxygen atoms in total. The summed E-state index contributed by atoms with van der Waals surface area (Å²) in [4.78, 5) is 20.4. The van der Waals surface area contributed by atoms with E-state index in [1.54, 1.807) is 18.2 Å². The first-order valence-corrected chi connectivity index (χ1v) is 9.98. The molecule has 0 radical (unpaired) electrons. The summed E-state index contributed by atoms with van der Waals surface area (Å²) in [6.45, 7) is 3.80. The second kappa shape index (κ2) is 8.96. The molecule has 7 heteroatoms. The van der Waals surface area contributed by atoms with Gasteiger partial charge in [0.05, 0.1) is 21.5 Å². The number of anilines is 1. The first-order chi connectivity index (χ1) is 13.5. The molecular formula is C21H19ClN4OS. The Morgan fingerprint density at radius 3 is 2.75 bits per heavy atom. The Labute approximate surface area is 173 Å². The second-order valence-corrected chi connectivity index (χ2v) is 8.07. The van der Waals surface area contributed by atoms with Crippen molar-refractivity contribution in [2.45, 2.75) is 30.7 Å². The maximum atomic E-state index is 12.5.